The minimum absolute atomic E-state index is 0.281. The summed E-state index contributed by atoms with van der Waals surface area (Å²) < 4.78 is 10.7. The molecule has 0 bridgehead atoms. The van der Waals surface area contributed by atoms with Gasteiger partial charge < -0.3 is 14.8 Å². The van der Waals surface area contributed by atoms with Gasteiger partial charge in [0.2, 0.25) is 0 Å². The van der Waals surface area contributed by atoms with E-state index in [0.717, 1.165) is 36.1 Å². The summed E-state index contributed by atoms with van der Waals surface area (Å²) in [6.07, 6.45) is 3.07. The van der Waals surface area contributed by atoms with E-state index in [4.69, 9.17) is 9.47 Å². The fraction of sp³-hybridized carbons (Fsp3) is 0.455. The van der Waals surface area contributed by atoms with Crippen molar-refractivity contribution in [2.24, 2.45) is 5.92 Å². The van der Waals surface area contributed by atoms with E-state index in [1.165, 1.54) is 24.0 Å². The Morgan fingerprint density at radius 2 is 2.00 bits per heavy atom. The topological polar surface area (TPSA) is 64.6 Å². The number of hydrogen-bond acceptors (Lipinski definition) is 5. The summed E-state index contributed by atoms with van der Waals surface area (Å²) in [5.74, 6) is 0.545. The van der Waals surface area contributed by atoms with Crippen LogP contribution >= 0.6 is 11.3 Å². The molecule has 0 saturated carbocycles. The normalized spacial score (nSPS) is 16.8. The monoisotopic (exact) mass is 401 g/mol. The Kier molecular flexibility index (Phi) is 6.39. The van der Waals surface area contributed by atoms with Crippen LogP contribution in [0.25, 0.3) is 0 Å². The van der Waals surface area contributed by atoms with Crippen LogP contribution in [0.15, 0.2) is 24.3 Å². The van der Waals surface area contributed by atoms with Gasteiger partial charge in [0.05, 0.1) is 12.7 Å². The molecule has 1 heterocycles. The number of hydrogen-bond donors (Lipinski definition) is 1. The maximum atomic E-state index is 12.7. The van der Waals surface area contributed by atoms with Crippen LogP contribution in [0.4, 0.5) is 5.00 Å². The molecule has 0 fully saturated rings. The number of nitrogens with one attached hydrogen (secondary N) is 1. The zero-order valence-electron chi connectivity index (χ0n) is 16.8. The van der Waals surface area contributed by atoms with Gasteiger partial charge in [-0.05, 0) is 61.8 Å². The second-order valence-corrected chi connectivity index (χ2v) is 8.40. The number of rotatable bonds is 6. The summed E-state index contributed by atoms with van der Waals surface area (Å²) >= 11 is 1.48. The number of esters is 1. The van der Waals surface area contributed by atoms with Crippen LogP contribution in [0.5, 0.6) is 5.75 Å². The lowest BCUT2D eigenvalue weighted by molar-refractivity contribution is -0.122. The zero-order chi connectivity index (χ0) is 20.3. The molecule has 6 heteroatoms. The van der Waals surface area contributed by atoms with E-state index in [9.17, 15) is 9.59 Å². The summed E-state index contributed by atoms with van der Waals surface area (Å²) in [6, 6.07) is 7.72. The van der Waals surface area contributed by atoms with Crippen LogP contribution < -0.4 is 10.1 Å². The highest BCUT2D eigenvalue weighted by molar-refractivity contribution is 7.17. The Morgan fingerprint density at radius 1 is 1.29 bits per heavy atom. The van der Waals surface area contributed by atoms with Gasteiger partial charge in [-0.1, -0.05) is 26.0 Å². The van der Waals surface area contributed by atoms with Crippen LogP contribution in [0.1, 0.15) is 53.6 Å². The van der Waals surface area contributed by atoms with Crippen molar-refractivity contribution >= 4 is 28.2 Å². The van der Waals surface area contributed by atoms with Gasteiger partial charge in [-0.15, -0.1) is 11.3 Å². The molecule has 0 aliphatic heterocycles. The third-order valence-electron chi connectivity index (χ3n) is 5.15. The first-order valence-electron chi connectivity index (χ1n) is 9.72. The molecule has 3 rings (SSSR count). The van der Waals surface area contributed by atoms with Gasteiger partial charge in [0, 0.05) is 4.88 Å². The van der Waals surface area contributed by atoms with E-state index in [1.807, 2.05) is 24.3 Å². The number of carbonyl (C=O) groups is 2. The highest BCUT2D eigenvalue weighted by Gasteiger charge is 2.29. The molecule has 0 radical (unpaired) electrons. The van der Waals surface area contributed by atoms with E-state index in [2.05, 4.69) is 19.2 Å². The number of ether oxygens (including phenoxy) is 2. The third-order valence-corrected chi connectivity index (χ3v) is 6.32. The summed E-state index contributed by atoms with van der Waals surface area (Å²) in [5, 5.41) is 3.46. The molecule has 1 aliphatic carbocycles. The van der Waals surface area contributed by atoms with E-state index >= 15 is 0 Å². The number of benzene rings is 1. The highest BCUT2D eigenvalue weighted by Crippen LogP contribution is 2.40. The van der Waals surface area contributed by atoms with Crippen LogP contribution in [-0.2, 0) is 28.8 Å². The first kappa shape index (κ1) is 20.4. The molecule has 150 valence electrons. The van der Waals surface area contributed by atoms with Crippen molar-refractivity contribution in [1.29, 1.82) is 0 Å². The fourth-order valence-corrected chi connectivity index (χ4v) is 4.83. The molecule has 1 N–H and O–H groups in total. The summed E-state index contributed by atoms with van der Waals surface area (Å²) in [4.78, 5) is 26.2. The molecule has 1 aliphatic rings. The first-order valence-corrected chi connectivity index (χ1v) is 10.5. The minimum atomic E-state index is -0.684. The first-order chi connectivity index (χ1) is 13.4. The van der Waals surface area contributed by atoms with Crippen molar-refractivity contribution in [3.63, 3.8) is 0 Å². The number of thiophene rings is 1. The molecule has 0 unspecified atom stereocenters. The van der Waals surface area contributed by atoms with Gasteiger partial charge in [-0.2, -0.15) is 0 Å². The van der Waals surface area contributed by atoms with Crippen LogP contribution in [0, 0.1) is 5.92 Å². The quantitative estimate of drug-likeness (QED) is 0.717. The molecule has 2 aromatic rings. The Bertz CT molecular complexity index is 856. The van der Waals surface area contributed by atoms with Crippen molar-refractivity contribution in [3.05, 3.63) is 45.8 Å². The Balaban J connectivity index is 1.76. The van der Waals surface area contributed by atoms with Crippen molar-refractivity contribution in [3.8, 4) is 5.75 Å². The summed E-state index contributed by atoms with van der Waals surface area (Å²) in [7, 11) is 1.37. The fourth-order valence-electron chi connectivity index (χ4n) is 3.43. The molecule has 1 aromatic carbocycles. The van der Waals surface area contributed by atoms with Gasteiger partial charge in [-0.25, -0.2) is 4.79 Å². The predicted molar refractivity (Wildman–Crippen MR) is 111 cm³/mol. The number of methoxy groups -OCH3 is 1. The number of aryl methyl sites for hydroxylation is 1. The van der Waals surface area contributed by atoms with E-state index in [-0.39, 0.29) is 5.91 Å². The number of carbonyl (C=O) groups excluding carboxylic acids is 2. The number of anilines is 1. The minimum Gasteiger partial charge on any atom is -0.481 e. The lowest BCUT2D eigenvalue weighted by atomic mass is 9.88. The largest absolute Gasteiger partial charge is 0.481 e. The molecule has 0 spiro atoms. The SMILES string of the molecule is CCc1ccc(O[C@@H](C)C(=O)Nc2sc3c(c2C(=O)OC)CC[C@@H](C)C3)cc1. The molecular weight excluding hydrogens is 374 g/mol. The average molecular weight is 402 g/mol. The lowest BCUT2D eigenvalue weighted by Crippen LogP contribution is -2.30. The van der Waals surface area contributed by atoms with E-state index in [0.29, 0.717) is 22.2 Å². The highest BCUT2D eigenvalue weighted by atomic mass is 32.1. The van der Waals surface area contributed by atoms with Gasteiger partial charge in [0.1, 0.15) is 10.8 Å². The molecular formula is C22H27NO4S. The van der Waals surface area contributed by atoms with Gasteiger partial charge in [-0.3, -0.25) is 4.79 Å². The van der Waals surface area contributed by atoms with Crippen LogP contribution in [0.2, 0.25) is 0 Å². The van der Waals surface area contributed by atoms with Crippen molar-refractivity contribution in [2.75, 3.05) is 12.4 Å². The third kappa shape index (κ3) is 4.38. The van der Waals surface area contributed by atoms with Gasteiger partial charge >= 0.3 is 5.97 Å². The lowest BCUT2D eigenvalue weighted by Gasteiger charge is -2.18. The van der Waals surface area contributed by atoms with Crippen LogP contribution in [-0.4, -0.2) is 25.1 Å². The van der Waals surface area contributed by atoms with Crippen LogP contribution in [0.3, 0.4) is 0 Å². The Hall–Kier alpha value is -2.34. The number of amides is 1. The summed E-state index contributed by atoms with van der Waals surface area (Å²) in [6.45, 7) is 6.00. The molecule has 0 saturated heterocycles. The van der Waals surface area contributed by atoms with E-state index < -0.39 is 12.1 Å². The number of fused-ring (bicyclic) bond motifs is 1. The van der Waals surface area contributed by atoms with Crippen molar-refractivity contribution < 1.29 is 19.1 Å². The van der Waals surface area contributed by atoms with Crippen molar-refractivity contribution in [2.45, 2.75) is 52.6 Å². The molecule has 1 amide bonds. The maximum absolute atomic E-state index is 12.7. The van der Waals surface area contributed by atoms with E-state index in [1.54, 1.807) is 6.92 Å². The zero-order valence-corrected chi connectivity index (χ0v) is 17.7. The second-order valence-electron chi connectivity index (χ2n) is 7.29. The second kappa shape index (κ2) is 8.78. The summed E-state index contributed by atoms with van der Waals surface area (Å²) in [5.41, 5.74) is 2.74. The molecule has 2 atom stereocenters. The Morgan fingerprint density at radius 3 is 2.64 bits per heavy atom. The van der Waals surface area contributed by atoms with Gasteiger partial charge in [0.15, 0.2) is 6.10 Å². The average Bonchev–Trinajstić information content (AvgIpc) is 3.04. The Labute approximate surface area is 170 Å². The standard InChI is InChI=1S/C22H27NO4S/c1-5-15-7-9-16(10-8-15)27-14(3)20(24)23-21-19(22(25)26-4)17-11-6-13(2)12-18(17)28-21/h7-10,13-14H,5-6,11-12H2,1-4H3,(H,23,24)/t13-,14+/m1/s1. The maximum Gasteiger partial charge on any atom is 0.341 e. The molecule has 28 heavy (non-hydrogen) atoms. The van der Waals surface area contributed by atoms with Crippen molar-refractivity contribution in [1.82, 2.24) is 0 Å². The smallest absolute Gasteiger partial charge is 0.341 e. The molecule has 1 aromatic heterocycles. The van der Waals surface area contributed by atoms with Gasteiger partial charge in [0.25, 0.3) is 5.91 Å². The molecule has 5 nitrogen and oxygen atoms in total. The predicted octanol–water partition coefficient (Wildman–Crippen LogP) is 4.63.